The number of nitrogens with one attached hydrogen (secondary N) is 1. The van der Waals surface area contributed by atoms with Gasteiger partial charge in [0, 0.05) is 12.6 Å². The number of benzene rings is 1. The van der Waals surface area contributed by atoms with Crippen molar-refractivity contribution in [3.05, 3.63) is 35.4 Å². The molecule has 1 atom stereocenters. The third kappa shape index (κ3) is 3.56. The van der Waals surface area contributed by atoms with Crippen molar-refractivity contribution in [1.29, 1.82) is 0 Å². The number of aryl methyl sites for hydroxylation is 1. The molecule has 0 aromatic heterocycles. The molecule has 2 nitrogen and oxygen atoms in total. The lowest BCUT2D eigenvalue weighted by Gasteiger charge is -2.19. The molecule has 1 N–H and O–H groups in total. The second-order valence-electron chi connectivity index (χ2n) is 5.86. The average Bonchev–Trinajstić information content (AvgIpc) is 3.24. The molecule has 0 radical (unpaired) electrons. The van der Waals surface area contributed by atoms with Crippen molar-refractivity contribution in [3.8, 4) is 0 Å². The average molecular weight is 245 g/mol. The van der Waals surface area contributed by atoms with Gasteiger partial charge in [-0.2, -0.15) is 0 Å². The normalized spacial score (nSPS) is 20.9. The van der Waals surface area contributed by atoms with Crippen LogP contribution in [0.3, 0.4) is 0 Å². The van der Waals surface area contributed by atoms with Gasteiger partial charge >= 0.3 is 0 Å². The lowest BCUT2D eigenvalue weighted by atomic mass is 10.1. The molecular weight excluding hydrogens is 222 g/mol. The molecule has 0 heterocycles. The summed E-state index contributed by atoms with van der Waals surface area (Å²) in [5, 5.41) is 3.59. The minimum Gasteiger partial charge on any atom is -0.372 e. The molecule has 2 heteroatoms. The highest BCUT2D eigenvalue weighted by molar-refractivity contribution is 5.24. The minimum atomic E-state index is 0.228. The first-order valence-corrected chi connectivity index (χ1v) is 7.23. The van der Waals surface area contributed by atoms with Crippen LogP contribution >= 0.6 is 0 Å². The summed E-state index contributed by atoms with van der Waals surface area (Å²) >= 11 is 0. The highest BCUT2D eigenvalue weighted by Crippen LogP contribution is 2.31. The van der Waals surface area contributed by atoms with Gasteiger partial charge in [0.15, 0.2) is 0 Å². The van der Waals surface area contributed by atoms with Crippen LogP contribution in [-0.4, -0.2) is 19.2 Å². The van der Waals surface area contributed by atoms with Crippen LogP contribution in [0.15, 0.2) is 24.3 Å². The van der Waals surface area contributed by atoms with Crippen LogP contribution in [0, 0.1) is 12.8 Å². The largest absolute Gasteiger partial charge is 0.372 e. The summed E-state index contributed by atoms with van der Waals surface area (Å²) in [6, 6.07) is 9.48. The summed E-state index contributed by atoms with van der Waals surface area (Å²) in [5.74, 6) is 0.832. The third-order valence-electron chi connectivity index (χ3n) is 3.81. The van der Waals surface area contributed by atoms with Crippen LogP contribution in [0.1, 0.15) is 42.9 Å². The summed E-state index contributed by atoms with van der Waals surface area (Å²) in [7, 11) is 0. The van der Waals surface area contributed by atoms with Gasteiger partial charge in [-0.05, 0) is 44.1 Å². The fourth-order valence-electron chi connectivity index (χ4n) is 2.24. The Hall–Kier alpha value is -0.860. The van der Waals surface area contributed by atoms with E-state index in [0.29, 0.717) is 0 Å². The van der Waals surface area contributed by atoms with E-state index in [2.05, 4.69) is 36.5 Å². The van der Waals surface area contributed by atoms with Gasteiger partial charge in [-0.3, -0.25) is 0 Å². The maximum absolute atomic E-state index is 6.12. The second-order valence-corrected chi connectivity index (χ2v) is 5.86. The van der Waals surface area contributed by atoms with E-state index in [4.69, 9.17) is 4.74 Å². The van der Waals surface area contributed by atoms with Crippen LogP contribution in [0.2, 0.25) is 0 Å². The van der Waals surface area contributed by atoms with Crippen molar-refractivity contribution in [1.82, 2.24) is 5.32 Å². The van der Waals surface area contributed by atoms with E-state index >= 15 is 0 Å². The summed E-state index contributed by atoms with van der Waals surface area (Å²) in [5.41, 5.74) is 2.64. The Bertz CT molecular complexity index is 380. The first-order valence-electron chi connectivity index (χ1n) is 7.23. The predicted molar refractivity (Wildman–Crippen MR) is 73.6 cm³/mol. The van der Waals surface area contributed by atoms with Crippen molar-refractivity contribution in [2.75, 3.05) is 13.2 Å². The monoisotopic (exact) mass is 245 g/mol. The van der Waals surface area contributed by atoms with Gasteiger partial charge in [0.05, 0.1) is 12.7 Å². The first-order chi connectivity index (χ1) is 8.81. The molecule has 1 unspecified atom stereocenters. The van der Waals surface area contributed by atoms with E-state index in [9.17, 15) is 0 Å². The smallest absolute Gasteiger partial charge is 0.0949 e. The molecule has 0 spiro atoms. The standard InChI is InChI=1S/C16H23NO/c1-12-3-2-4-14(9-12)16(10-17-15-7-8-15)18-11-13-5-6-13/h2-4,9,13,15-17H,5-8,10-11H2,1H3. The summed E-state index contributed by atoms with van der Waals surface area (Å²) < 4.78 is 6.12. The predicted octanol–water partition coefficient (Wildman–Crippen LogP) is 3.21. The van der Waals surface area contributed by atoms with Gasteiger partial charge in [0.1, 0.15) is 0 Å². The lowest BCUT2D eigenvalue weighted by molar-refractivity contribution is 0.0449. The molecule has 2 saturated carbocycles. The number of hydrogen-bond acceptors (Lipinski definition) is 2. The highest BCUT2D eigenvalue weighted by Gasteiger charge is 2.26. The SMILES string of the molecule is Cc1cccc(C(CNC2CC2)OCC2CC2)c1. The van der Waals surface area contributed by atoms with Crippen LogP contribution in [0.25, 0.3) is 0 Å². The topological polar surface area (TPSA) is 21.3 Å². The third-order valence-corrected chi connectivity index (χ3v) is 3.81. The zero-order chi connectivity index (χ0) is 12.4. The fourth-order valence-corrected chi connectivity index (χ4v) is 2.24. The molecule has 2 fully saturated rings. The molecule has 2 aliphatic carbocycles. The molecule has 2 aliphatic rings. The zero-order valence-corrected chi connectivity index (χ0v) is 11.2. The van der Waals surface area contributed by atoms with Crippen LogP contribution in [-0.2, 0) is 4.74 Å². The quantitative estimate of drug-likeness (QED) is 0.796. The summed E-state index contributed by atoms with van der Waals surface area (Å²) in [6.07, 6.45) is 5.62. The number of hydrogen-bond donors (Lipinski definition) is 1. The van der Waals surface area contributed by atoms with E-state index in [1.54, 1.807) is 0 Å². The molecule has 0 saturated heterocycles. The van der Waals surface area contributed by atoms with Crippen molar-refractivity contribution >= 4 is 0 Å². The Morgan fingerprint density at radius 1 is 1.28 bits per heavy atom. The van der Waals surface area contributed by atoms with Gasteiger partial charge in [-0.25, -0.2) is 0 Å². The van der Waals surface area contributed by atoms with E-state index < -0.39 is 0 Å². The molecule has 98 valence electrons. The van der Waals surface area contributed by atoms with Crippen LogP contribution in [0.4, 0.5) is 0 Å². The Morgan fingerprint density at radius 3 is 2.78 bits per heavy atom. The van der Waals surface area contributed by atoms with Gasteiger partial charge in [-0.15, -0.1) is 0 Å². The number of ether oxygens (including phenoxy) is 1. The molecular formula is C16H23NO. The fraction of sp³-hybridized carbons (Fsp3) is 0.625. The Balaban J connectivity index is 1.61. The minimum absolute atomic E-state index is 0.228. The van der Waals surface area contributed by atoms with E-state index in [1.165, 1.54) is 36.8 Å². The van der Waals surface area contributed by atoms with Crippen molar-refractivity contribution < 1.29 is 4.74 Å². The Kier molecular flexibility index (Phi) is 3.67. The van der Waals surface area contributed by atoms with Crippen molar-refractivity contribution in [2.45, 2.75) is 44.8 Å². The Labute approximate surface area is 110 Å². The van der Waals surface area contributed by atoms with Gasteiger partial charge in [0.2, 0.25) is 0 Å². The Morgan fingerprint density at radius 2 is 2.11 bits per heavy atom. The molecule has 0 bridgehead atoms. The highest BCUT2D eigenvalue weighted by atomic mass is 16.5. The van der Waals surface area contributed by atoms with Crippen LogP contribution < -0.4 is 5.32 Å². The van der Waals surface area contributed by atoms with Crippen molar-refractivity contribution in [2.24, 2.45) is 5.92 Å². The zero-order valence-electron chi connectivity index (χ0n) is 11.2. The summed E-state index contributed by atoms with van der Waals surface area (Å²) in [6.45, 7) is 4.04. The van der Waals surface area contributed by atoms with E-state index in [0.717, 1.165) is 25.1 Å². The van der Waals surface area contributed by atoms with Crippen LogP contribution in [0.5, 0.6) is 0 Å². The van der Waals surface area contributed by atoms with E-state index in [1.807, 2.05) is 0 Å². The molecule has 3 rings (SSSR count). The maximum Gasteiger partial charge on any atom is 0.0949 e. The molecule has 1 aromatic carbocycles. The van der Waals surface area contributed by atoms with Gasteiger partial charge in [-0.1, -0.05) is 29.8 Å². The van der Waals surface area contributed by atoms with Gasteiger partial charge < -0.3 is 10.1 Å². The first kappa shape index (κ1) is 12.2. The number of rotatable bonds is 7. The lowest BCUT2D eigenvalue weighted by Crippen LogP contribution is -2.25. The summed E-state index contributed by atoms with van der Waals surface area (Å²) in [4.78, 5) is 0. The van der Waals surface area contributed by atoms with Crippen molar-refractivity contribution in [3.63, 3.8) is 0 Å². The molecule has 18 heavy (non-hydrogen) atoms. The van der Waals surface area contributed by atoms with E-state index in [-0.39, 0.29) is 6.10 Å². The molecule has 0 aliphatic heterocycles. The molecule has 0 amide bonds. The molecule has 1 aromatic rings. The second kappa shape index (κ2) is 5.41. The maximum atomic E-state index is 6.12. The van der Waals surface area contributed by atoms with Gasteiger partial charge in [0.25, 0.3) is 0 Å².